The van der Waals surface area contributed by atoms with Crippen molar-refractivity contribution < 1.29 is 4.42 Å². The Morgan fingerprint density at radius 1 is 0.500 bits per heavy atom. The molecule has 168 valence electrons. The molecule has 8 bridgehead atoms. The Labute approximate surface area is 195 Å². The minimum atomic E-state index is -0.261. The minimum absolute atomic E-state index is 0.110. The van der Waals surface area contributed by atoms with E-state index in [4.69, 9.17) is 4.42 Å². The van der Waals surface area contributed by atoms with Crippen LogP contribution in [0.2, 0.25) is 0 Å². The van der Waals surface area contributed by atoms with E-state index in [1.807, 2.05) is 11.3 Å². The van der Waals surface area contributed by atoms with Crippen molar-refractivity contribution in [1.29, 1.82) is 0 Å². The molecule has 3 nitrogen and oxygen atoms in total. The molecule has 5 heterocycles. The fourth-order valence-corrected chi connectivity index (χ4v) is 6.04. The van der Waals surface area contributed by atoms with E-state index in [1.54, 1.807) is 0 Å². The van der Waals surface area contributed by atoms with Gasteiger partial charge >= 0.3 is 0 Å². The highest BCUT2D eigenvalue weighted by Crippen LogP contribution is 2.44. The van der Waals surface area contributed by atoms with Crippen LogP contribution in [-0.2, 0) is 21.7 Å². The van der Waals surface area contributed by atoms with Crippen molar-refractivity contribution in [2.45, 2.75) is 77.0 Å². The second kappa shape index (κ2) is 6.54. The molecule has 0 radical (unpaired) electrons. The highest BCUT2D eigenvalue weighted by molar-refractivity contribution is 7.12. The Balaban J connectivity index is 1.76. The Hall–Kier alpha value is -2.46. The van der Waals surface area contributed by atoms with Gasteiger partial charge in [0.15, 0.2) is 0 Å². The number of rotatable bonds is 0. The van der Waals surface area contributed by atoms with E-state index in [9.17, 15) is 0 Å². The van der Waals surface area contributed by atoms with Crippen LogP contribution in [0.4, 0.5) is 0 Å². The predicted molar refractivity (Wildman–Crippen MR) is 133 cm³/mol. The molecule has 0 spiro atoms. The molecule has 0 amide bonds. The molecule has 0 saturated carbocycles. The largest absolute Gasteiger partial charge is 0.464 e. The second-order valence-electron chi connectivity index (χ2n) is 11.4. The van der Waals surface area contributed by atoms with Crippen LogP contribution in [-0.4, -0.2) is 9.97 Å². The van der Waals surface area contributed by atoms with Crippen LogP contribution in [0.5, 0.6) is 0 Å². The monoisotopic (exact) mass is 446 g/mol. The van der Waals surface area contributed by atoms with E-state index in [0.29, 0.717) is 0 Å². The highest BCUT2D eigenvalue weighted by Gasteiger charge is 2.37. The van der Waals surface area contributed by atoms with Crippen LogP contribution in [0.3, 0.4) is 0 Å². The summed E-state index contributed by atoms with van der Waals surface area (Å²) in [4.78, 5) is 10.2. The maximum Gasteiger partial charge on any atom is 0.115 e. The molecule has 2 N–H and O–H groups in total. The molecule has 0 unspecified atom stereocenters. The maximum atomic E-state index is 6.54. The first-order valence-electron chi connectivity index (χ1n) is 11.5. The molecule has 5 rings (SSSR count). The molecule has 4 aromatic rings. The van der Waals surface area contributed by atoms with Crippen LogP contribution in [0.25, 0.3) is 0 Å². The molecule has 0 fully saturated rings. The van der Waals surface area contributed by atoms with Gasteiger partial charge in [-0.2, -0.15) is 0 Å². The number of hydrogen-bond donors (Lipinski definition) is 2. The van der Waals surface area contributed by atoms with Crippen molar-refractivity contribution >= 4 is 11.3 Å². The first kappa shape index (κ1) is 21.4. The predicted octanol–water partition coefficient (Wildman–Crippen LogP) is 7.61. The maximum absolute atomic E-state index is 6.54. The van der Waals surface area contributed by atoms with Crippen LogP contribution in [0.1, 0.15) is 99.4 Å². The van der Waals surface area contributed by atoms with Gasteiger partial charge in [0.2, 0.25) is 0 Å². The highest BCUT2D eigenvalue weighted by atomic mass is 32.1. The lowest BCUT2D eigenvalue weighted by Crippen LogP contribution is -2.23. The summed E-state index contributed by atoms with van der Waals surface area (Å²) in [6.07, 6.45) is 0. The number of hydrogen-bond acceptors (Lipinski definition) is 2. The van der Waals surface area contributed by atoms with Gasteiger partial charge in [-0.1, -0.05) is 0 Å². The van der Waals surface area contributed by atoms with E-state index < -0.39 is 0 Å². The number of aromatic amines is 2. The molecular weight excluding hydrogens is 412 g/mol. The number of thiophene rings is 1. The molecule has 0 atom stereocenters. The summed E-state index contributed by atoms with van der Waals surface area (Å²) < 4.78 is 6.54. The summed E-state index contributed by atoms with van der Waals surface area (Å²) in [5.74, 6) is 1.95. The first-order chi connectivity index (χ1) is 14.8. The van der Waals surface area contributed by atoms with Gasteiger partial charge in [0.05, 0.1) is 10.8 Å². The number of fused-ring (bicyclic) bond motifs is 8. The van der Waals surface area contributed by atoms with Gasteiger partial charge in [-0.15, -0.1) is 11.3 Å². The van der Waals surface area contributed by atoms with Crippen molar-refractivity contribution in [3.63, 3.8) is 0 Å². The van der Waals surface area contributed by atoms with Crippen molar-refractivity contribution in [1.82, 2.24) is 9.97 Å². The van der Waals surface area contributed by atoms with Gasteiger partial charge in [-0.05, 0) is 104 Å². The third kappa shape index (κ3) is 2.92. The van der Waals surface area contributed by atoms with Gasteiger partial charge in [0.1, 0.15) is 11.5 Å². The molecular formula is C28H34N2OS. The fourth-order valence-electron chi connectivity index (χ4n) is 4.80. The van der Waals surface area contributed by atoms with Gasteiger partial charge in [0.25, 0.3) is 0 Å². The van der Waals surface area contributed by atoms with Crippen LogP contribution in [0.15, 0.2) is 52.9 Å². The summed E-state index contributed by atoms with van der Waals surface area (Å²) in [7, 11) is 0. The van der Waals surface area contributed by atoms with Gasteiger partial charge in [0, 0.05) is 43.4 Å². The molecule has 4 heteroatoms. The zero-order valence-electron chi connectivity index (χ0n) is 20.4. The van der Waals surface area contributed by atoms with E-state index >= 15 is 0 Å². The zero-order valence-corrected chi connectivity index (χ0v) is 21.3. The average molecular weight is 447 g/mol. The minimum Gasteiger partial charge on any atom is -0.464 e. The molecule has 1 aliphatic rings. The van der Waals surface area contributed by atoms with Crippen LogP contribution >= 0.6 is 11.3 Å². The Morgan fingerprint density at radius 2 is 0.844 bits per heavy atom. The molecule has 0 saturated heterocycles. The average Bonchev–Trinajstić information content (AvgIpc) is 3.53. The van der Waals surface area contributed by atoms with Crippen molar-refractivity contribution in [2.75, 3.05) is 0 Å². The van der Waals surface area contributed by atoms with Gasteiger partial charge in [-0.3, -0.25) is 0 Å². The van der Waals surface area contributed by atoms with Gasteiger partial charge < -0.3 is 14.4 Å². The summed E-state index contributed by atoms with van der Waals surface area (Å²) in [6, 6.07) is 17.8. The molecule has 0 aromatic carbocycles. The molecule has 32 heavy (non-hydrogen) atoms. The Morgan fingerprint density at radius 3 is 1.22 bits per heavy atom. The Bertz CT molecular complexity index is 1010. The molecule has 0 aliphatic carbocycles. The van der Waals surface area contributed by atoms with E-state index in [0.717, 1.165) is 11.5 Å². The SMILES string of the molecule is CC1(C)c2ccc([nH]2)C(C)(C)c2ccc(s2)C(C)(C)c2ccc([nH]2)C(C)(C)c2ccc1o2. The molecule has 1 aliphatic heterocycles. The van der Waals surface area contributed by atoms with Crippen molar-refractivity contribution in [3.05, 3.63) is 92.6 Å². The lowest BCUT2D eigenvalue weighted by molar-refractivity contribution is 0.359. The van der Waals surface area contributed by atoms with Crippen LogP contribution < -0.4 is 0 Å². The normalized spacial score (nSPS) is 20.2. The van der Waals surface area contributed by atoms with E-state index in [2.05, 4.69) is 114 Å². The third-order valence-corrected chi connectivity index (χ3v) is 9.47. The van der Waals surface area contributed by atoms with Crippen LogP contribution in [0, 0.1) is 0 Å². The summed E-state index contributed by atoms with van der Waals surface area (Å²) in [6.45, 7) is 18.1. The number of nitrogens with one attached hydrogen (secondary N) is 2. The van der Waals surface area contributed by atoms with E-state index in [-0.39, 0.29) is 21.7 Å². The quantitative estimate of drug-likeness (QED) is 0.287. The van der Waals surface area contributed by atoms with E-state index in [1.165, 1.54) is 32.5 Å². The summed E-state index contributed by atoms with van der Waals surface area (Å²) in [5, 5.41) is 0. The van der Waals surface area contributed by atoms with Gasteiger partial charge in [-0.25, -0.2) is 0 Å². The number of furan rings is 1. The third-order valence-electron chi connectivity index (χ3n) is 7.74. The van der Waals surface area contributed by atoms with Crippen molar-refractivity contribution in [2.24, 2.45) is 0 Å². The molecule has 4 aromatic heterocycles. The smallest absolute Gasteiger partial charge is 0.115 e. The second-order valence-corrected chi connectivity index (χ2v) is 12.5. The fraction of sp³-hybridized carbons (Fsp3) is 0.429. The Kier molecular flexibility index (Phi) is 4.37. The summed E-state index contributed by atoms with van der Waals surface area (Å²) >= 11 is 1.92. The number of H-pyrrole nitrogens is 2. The standard InChI is InChI=1S/C28H34N2OS/c1-25(2)17-9-11-19(29-17)27(5,6)23-15-16-24(32-23)28(7,8)20-12-10-18(30-20)26(3,4)22-14-13-21(25)31-22/h9-16,29-30H,1-8H3. The topological polar surface area (TPSA) is 44.7 Å². The first-order valence-corrected chi connectivity index (χ1v) is 12.3. The van der Waals surface area contributed by atoms with Crippen molar-refractivity contribution in [3.8, 4) is 0 Å². The zero-order chi connectivity index (χ0) is 23.1. The summed E-state index contributed by atoms with van der Waals surface area (Å²) in [5.41, 5.74) is 4.06. The lowest BCUT2D eigenvalue weighted by Gasteiger charge is -2.27. The lowest BCUT2D eigenvalue weighted by atomic mass is 9.86. The number of aromatic nitrogens is 2.